The van der Waals surface area contributed by atoms with Crippen molar-refractivity contribution < 1.29 is 0 Å². The molecule has 0 bridgehead atoms. The topological polar surface area (TPSA) is 121 Å². The van der Waals surface area contributed by atoms with E-state index in [0.29, 0.717) is 24.2 Å². The molecule has 4 aromatic rings. The first kappa shape index (κ1) is 14.9. The molecule has 4 heterocycles. The molecular weight excluding hydrogens is 328 g/mol. The average Bonchev–Trinajstić information content (AvgIpc) is 3.20. The van der Waals surface area contributed by atoms with Gasteiger partial charge in [0.25, 0.3) is 0 Å². The van der Waals surface area contributed by atoms with Gasteiger partial charge in [-0.15, -0.1) is 0 Å². The molecule has 0 radical (unpaired) electrons. The highest BCUT2D eigenvalue weighted by atomic mass is 15.1. The first-order valence-corrected chi connectivity index (χ1v) is 8.61. The van der Waals surface area contributed by atoms with Gasteiger partial charge in [-0.2, -0.15) is 10.1 Å². The van der Waals surface area contributed by atoms with E-state index in [4.69, 9.17) is 5.73 Å². The third-order valence-corrected chi connectivity index (χ3v) is 4.60. The number of aromatic amines is 2. The molecule has 1 fully saturated rings. The number of nitrogens with zero attached hydrogens (tertiary/aromatic N) is 4. The molecule has 130 valence electrons. The predicted molar refractivity (Wildman–Crippen MR) is 99.4 cm³/mol. The van der Waals surface area contributed by atoms with Crippen LogP contribution in [0.1, 0.15) is 30.1 Å². The lowest BCUT2D eigenvalue weighted by atomic mass is 10.2. The molecule has 0 unspecified atom stereocenters. The van der Waals surface area contributed by atoms with Crippen LogP contribution in [-0.4, -0.2) is 30.1 Å². The van der Waals surface area contributed by atoms with E-state index in [-0.39, 0.29) is 0 Å². The standard InChI is InChI=1S/C18H18N8/c19-17-12(16-7-15(25-26-16)10-1-2-10)9-22-18(24-17)21-8-11-3-4-13-14(23-11)5-6-20-13/h3-7,9-10,20H,1-2,8H2,(H,25,26)(H3,19,21,22,24). The van der Waals surface area contributed by atoms with Gasteiger partial charge in [0, 0.05) is 24.0 Å². The zero-order valence-electron chi connectivity index (χ0n) is 14.0. The van der Waals surface area contributed by atoms with Crippen LogP contribution in [0.25, 0.3) is 22.3 Å². The Hall–Kier alpha value is -3.42. The maximum absolute atomic E-state index is 6.12. The van der Waals surface area contributed by atoms with E-state index in [9.17, 15) is 0 Å². The van der Waals surface area contributed by atoms with Gasteiger partial charge in [0.1, 0.15) is 5.82 Å². The van der Waals surface area contributed by atoms with E-state index in [0.717, 1.165) is 33.7 Å². The Morgan fingerprint density at radius 3 is 2.96 bits per heavy atom. The lowest BCUT2D eigenvalue weighted by Crippen LogP contribution is -2.07. The quantitative estimate of drug-likeness (QED) is 0.441. The van der Waals surface area contributed by atoms with Crippen molar-refractivity contribution in [2.45, 2.75) is 25.3 Å². The smallest absolute Gasteiger partial charge is 0.224 e. The van der Waals surface area contributed by atoms with E-state index in [2.05, 4.69) is 35.5 Å². The van der Waals surface area contributed by atoms with Crippen molar-refractivity contribution in [3.63, 3.8) is 0 Å². The van der Waals surface area contributed by atoms with Crippen LogP contribution in [0.3, 0.4) is 0 Å². The molecule has 8 nitrogen and oxygen atoms in total. The molecule has 1 saturated carbocycles. The molecule has 0 spiro atoms. The number of H-pyrrole nitrogens is 2. The zero-order valence-corrected chi connectivity index (χ0v) is 14.0. The summed E-state index contributed by atoms with van der Waals surface area (Å²) in [5.74, 6) is 1.50. The van der Waals surface area contributed by atoms with Gasteiger partial charge in [0.2, 0.25) is 5.95 Å². The lowest BCUT2D eigenvalue weighted by Gasteiger charge is -2.07. The minimum atomic E-state index is 0.408. The summed E-state index contributed by atoms with van der Waals surface area (Å²) in [6, 6.07) is 7.96. The van der Waals surface area contributed by atoms with Crippen molar-refractivity contribution in [1.82, 2.24) is 30.1 Å². The summed E-state index contributed by atoms with van der Waals surface area (Å²) < 4.78 is 0. The fourth-order valence-corrected chi connectivity index (χ4v) is 3.00. The molecule has 4 aromatic heterocycles. The Balaban J connectivity index is 1.32. The second kappa shape index (κ2) is 5.83. The molecule has 5 rings (SSSR count). The van der Waals surface area contributed by atoms with E-state index in [1.54, 1.807) is 6.20 Å². The number of hydrogen-bond donors (Lipinski definition) is 4. The Kier molecular flexibility index (Phi) is 3.34. The minimum absolute atomic E-state index is 0.408. The van der Waals surface area contributed by atoms with E-state index in [1.807, 2.05) is 30.5 Å². The van der Waals surface area contributed by atoms with E-state index >= 15 is 0 Å². The minimum Gasteiger partial charge on any atom is -0.383 e. The summed E-state index contributed by atoms with van der Waals surface area (Å²) in [6.07, 6.45) is 6.03. The summed E-state index contributed by atoms with van der Waals surface area (Å²) >= 11 is 0. The fourth-order valence-electron chi connectivity index (χ4n) is 3.00. The molecule has 8 heteroatoms. The van der Waals surface area contributed by atoms with Crippen LogP contribution >= 0.6 is 0 Å². The van der Waals surface area contributed by atoms with Gasteiger partial charge >= 0.3 is 0 Å². The summed E-state index contributed by atoms with van der Waals surface area (Å²) in [5, 5.41) is 10.6. The number of fused-ring (bicyclic) bond motifs is 1. The van der Waals surface area contributed by atoms with E-state index in [1.165, 1.54) is 12.8 Å². The largest absolute Gasteiger partial charge is 0.383 e. The van der Waals surface area contributed by atoms with Crippen molar-refractivity contribution in [3.05, 3.63) is 48.0 Å². The Morgan fingerprint density at radius 2 is 2.12 bits per heavy atom. The lowest BCUT2D eigenvalue weighted by molar-refractivity contribution is 0.966. The third kappa shape index (κ3) is 2.75. The second-order valence-electron chi connectivity index (χ2n) is 6.54. The summed E-state index contributed by atoms with van der Waals surface area (Å²) in [5.41, 5.74) is 11.7. The Labute approximate surface area is 149 Å². The molecule has 0 saturated heterocycles. The van der Waals surface area contributed by atoms with Crippen LogP contribution < -0.4 is 11.1 Å². The molecule has 26 heavy (non-hydrogen) atoms. The fraction of sp³-hybridized carbons (Fsp3) is 0.222. The van der Waals surface area contributed by atoms with Crippen LogP contribution in [-0.2, 0) is 6.54 Å². The molecule has 1 aliphatic rings. The van der Waals surface area contributed by atoms with Gasteiger partial charge in [-0.05, 0) is 37.1 Å². The van der Waals surface area contributed by atoms with Crippen LogP contribution in [0.4, 0.5) is 11.8 Å². The highest BCUT2D eigenvalue weighted by Crippen LogP contribution is 2.40. The highest BCUT2D eigenvalue weighted by molar-refractivity contribution is 5.74. The molecule has 1 aliphatic carbocycles. The van der Waals surface area contributed by atoms with Crippen molar-refractivity contribution in [1.29, 1.82) is 0 Å². The maximum atomic E-state index is 6.12. The maximum Gasteiger partial charge on any atom is 0.224 e. The van der Waals surface area contributed by atoms with Crippen LogP contribution in [0.15, 0.2) is 36.7 Å². The van der Waals surface area contributed by atoms with Crippen LogP contribution in [0, 0.1) is 0 Å². The number of hydrogen-bond acceptors (Lipinski definition) is 6. The number of nitrogen functional groups attached to an aromatic ring is 1. The predicted octanol–water partition coefficient (Wildman–Crippen LogP) is 2.81. The number of aromatic nitrogens is 6. The SMILES string of the molecule is Nc1nc(NCc2ccc3[nH]ccc3n2)ncc1-c1cc(C2CC2)[nH]n1. The van der Waals surface area contributed by atoms with Crippen molar-refractivity contribution >= 4 is 22.8 Å². The molecular formula is C18H18N8. The second-order valence-corrected chi connectivity index (χ2v) is 6.54. The number of nitrogens with two attached hydrogens (primary N) is 1. The van der Waals surface area contributed by atoms with Crippen LogP contribution in [0.5, 0.6) is 0 Å². The van der Waals surface area contributed by atoms with Gasteiger partial charge in [-0.1, -0.05) is 0 Å². The first-order valence-electron chi connectivity index (χ1n) is 8.61. The summed E-state index contributed by atoms with van der Waals surface area (Å²) in [6.45, 7) is 0.522. The Bertz CT molecular complexity index is 1080. The third-order valence-electron chi connectivity index (χ3n) is 4.60. The molecule has 0 aliphatic heterocycles. The van der Waals surface area contributed by atoms with Crippen LogP contribution in [0.2, 0.25) is 0 Å². The molecule has 0 aromatic carbocycles. The number of rotatable bonds is 5. The molecule has 0 amide bonds. The van der Waals surface area contributed by atoms with Crippen molar-refractivity contribution in [2.75, 3.05) is 11.1 Å². The number of anilines is 2. The number of nitrogens with one attached hydrogen (secondary N) is 3. The van der Waals surface area contributed by atoms with Gasteiger partial charge in [0.05, 0.1) is 34.5 Å². The average molecular weight is 346 g/mol. The molecule has 0 atom stereocenters. The Morgan fingerprint density at radius 1 is 1.19 bits per heavy atom. The highest BCUT2D eigenvalue weighted by Gasteiger charge is 2.26. The zero-order chi connectivity index (χ0) is 17.5. The summed E-state index contributed by atoms with van der Waals surface area (Å²) in [4.78, 5) is 16.4. The van der Waals surface area contributed by atoms with Crippen molar-refractivity contribution in [2.24, 2.45) is 0 Å². The normalized spacial score (nSPS) is 14.0. The summed E-state index contributed by atoms with van der Waals surface area (Å²) in [7, 11) is 0. The monoisotopic (exact) mass is 346 g/mol. The van der Waals surface area contributed by atoms with E-state index < -0.39 is 0 Å². The van der Waals surface area contributed by atoms with Gasteiger partial charge in [-0.3, -0.25) is 5.10 Å². The first-order chi connectivity index (χ1) is 12.8. The number of pyridine rings is 1. The van der Waals surface area contributed by atoms with Gasteiger partial charge in [-0.25, -0.2) is 9.97 Å². The molecule has 5 N–H and O–H groups in total. The van der Waals surface area contributed by atoms with Crippen molar-refractivity contribution in [3.8, 4) is 11.3 Å². The van der Waals surface area contributed by atoms with Gasteiger partial charge < -0.3 is 16.0 Å². The van der Waals surface area contributed by atoms with Gasteiger partial charge in [0.15, 0.2) is 0 Å².